The molecule has 0 bridgehead atoms. The second kappa shape index (κ2) is 10.2. The molecule has 3 N–H and O–H groups in total. The highest BCUT2D eigenvalue weighted by Crippen LogP contribution is 2.23. The highest BCUT2D eigenvalue weighted by Gasteiger charge is 2.26. The molecule has 1 amide bonds. The van der Waals surface area contributed by atoms with Crippen molar-refractivity contribution in [2.75, 3.05) is 17.2 Å². The van der Waals surface area contributed by atoms with Crippen LogP contribution in [-0.2, 0) is 17.9 Å². The van der Waals surface area contributed by atoms with Crippen molar-refractivity contribution >= 4 is 17.4 Å². The number of furan rings is 1. The minimum Gasteiger partial charge on any atom is -0.483 e. The van der Waals surface area contributed by atoms with Crippen molar-refractivity contribution in [3.63, 3.8) is 0 Å². The van der Waals surface area contributed by atoms with Crippen molar-refractivity contribution in [2.24, 2.45) is 0 Å². The van der Waals surface area contributed by atoms with Gasteiger partial charge in [0, 0.05) is 0 Å². The first-order valence-corrected chi connectivity index (χ1v) is 11.0. The summed E-state index contributed by atoms with van der Waals surface area (Å²) in [5, 5.41) is 0. The molecule has 35 heavy (non-hydrogen) atoms. The Morgan fingerprint density at radius 3 is 2.57 bits per heavy atom. The Morgan fingerprint density at radius 2 is 1.86 bits per heavy atom. The molecule has 0 aliphatic heterocycles. The highest BCUT2D eigenvalue weighted by atomic mass is 16.5. The number of nitrogens with zero attached hydrogens (tertiary/aromatic N) is 2. The Hall–Kier alpha value is -4.53. The van der Waals surface area contributed by atoms with Crippen LogP contribution in [0.2, 0.25) is 0 Å². The van der Waals surface area contributed by atoms with Crippen LogP contribution in [0.4, 0.5) is 11.5 Å². The van der Waals surface area contributed by atoms with Gasteiger partial charge in [0.1, 0.15) is 17.3 Å². The van der Waals surface area contributed by atoms with E-state index in [-0.39, 0.29) is 31.2 Å². The molecule has 9 heteroatoms. The minimum absolute atomic E-state index is 0.0706. The first kappa shape index (κ1) is 23.6. The van der Waals surface area contributed by atoms with Crippen LogP contribution in [0.3, 0.4) is 0 Å². The second-order valence-electron chi connectivity index (χ2n) is 8.18. The molecule has 0 radical (unpaired) electrons. The molecular weight excluding hydrogens is 448 g/mol. The van der Waals surface area contributed by atoms with Gasteiger partial charge in [-0.15, -0.1) is 0 Å². The van der Waals surface area contributed by atoms with Gasteiger partial charge in [-0.2, -0.15) is 0 Å². The van der Waals surface area contributed by atoms with E-state index in [0.717, 1.165) is 16.7 Å². The number of hydrogen-bond donors (Lipinski definition) is 2. The fraction of sp³-hybridized carbons (Fsp3) is 0.192. The molecule has 4 aromatic rings. The van der Waals surface area contributed by atoms with Crippen LogP contribution in [0.25, 0.3) is 0 Å². The van der Waals surface area contributed by atoms with Crippen LogP contribution >= 0.6 is 0 Å². The minimum atomic E-state index is -0.775. The number of hydrogen-bond acceptors (Lipinski definition) is 6. The summed E-state index contributed by atoms with van der Waals surface area (Å²) in [7, 11) is 0. The lowest BCUT2D eigenvalue weighted by molar-refractivity contribution is -0.120. The quantitative estimate of drug-likeness (QED) is 0.405. The van der Waals surface area contributed by atoms with E-state index in [1.54, 1.807) is 12.1 Å². The molecule has 0 spiro atoms. The summed E-state index contributed by atoms with van der Waals surface area (Å²) in [6, 6.07) is 18.2. The molecular formula is C26H26N4O5. The monoisotopic (exact) mass is 474 g/mol. The van der Waals surface area contributed by atoms with Crippen LogP contribution < -0.4 is 26.6 Å². The van der Waals surface area contributed by atoms with Crippen molar-refractivity contribution < 1.29 is 13.9 Å². The van der Waals surface area contributed by atoms with Crippen LogP contribution in [0.15, 0.2) is 80.9 Å². The molecule has 180 valence electrons. The number of anilines is 2. The number of nitrogens with two attached hydrogens (primary N) is 1. The predicted octanol–water partition coefficient (Wildman–Crippen LogP) is 2.99. The predicted molar refractivity (Wildman–Crippen MR) is 133 cm³/mol. The van der Waals surface area contributed by atoms with Gasteiger partial charge in [0.25, 0.3) is 11.5 Å². The largest absolute Gasteiger partial charge is 0.483 e. The highest BCUT2D eigenvalue weighted by molar-refractivity contribution is 5.96. The van der Waals surface area contributed by atoms with Crippen molar-refractivity contribution in [2.45, 2.75) is 26.9 Å². The lowest BCUT2D eigenvalue weighted by Gasteiger charge is -2.24. The van der Waals surface area contributed by atoms with Crippen molar-refractivity contribution in [1.82, 2.24) is 9.55 Å². The number of rotatable bonds is 8. The average Bonchev–Trinajstić information content (AvgIpc) is 3.35. The summed E-state index contributed by atoms with van der Waals surface area (Å²) >= 11 is 0. The van der Waals surface area contributed by atoms with Gasteiger partial charge >= 0.3 is 5.69 Å². The molecule has 0 fully saturated rings. The summed E-state index contributed by atoms with van der Waals surface area (Å²) in [5.74, 6) is 0.343. The molecule has 0 saturated heterocycles. The number of carbonyl (C=O) groups is 1. The second-order valence-corrected chi connectivity index (χ2v) is 8.18. The Morgan fingerprint density at radius 1 is 1.09 bits per heavy atom. The van der Waals surface area contributed by atoms with Gasteiger partial charge in [-0.3, -0.25) is 24.0 Å². The third-order valence-electron chi connectivity index (χ3n) is 5.56. The number of benzene rings is 2. The molecule has 9 nitrogen and oxygen atoms in total. The van der Waals surface area contributed by atoms with Crippen molar-refractivity contribution in [1.29, 1.82) is 0 Å². The van der Waals surface area contributed by atoms with Gasteiger partial charge in [-0.25, -0.2) is 4.79 Å². The molecule has 0 aliphatic rings. The Kier molecular flexibility index (Phi) is 6.86. The maximum Gasteiger partial charge on any atom is 0.330 e. The van der Waals surface area contributed by atoms with E-state index >= 15 is 0 Å². The molecule has 0 saturated carbocycles. The van der Waals surface area contributed by atoms with Gasteiger partial charge in [-0.05, 0) is 48.7 Å². The molecule has 0 unspecified atom stereocenters. The summed E-state index contributed by atoms with van der Waals surface area (Å²) < 4.78 is 12.4. The van der Waals surface area contributed by atoms with Gasteiger partial charge in [0.2, 0.25) is 0 Å². The standard InChI is InChI=1S/C26H26N4O5/c1-17-10-11-18(2)21(13-17)35-16-22(31)29(15-20-9-6-12-34-20)23-24(27)30(26(33)28-25(23)32)14-19-7-4-3-5-8-19/h3-13H,14-16,27H2,1-2H3,(H,28,32,33). The number of nitrogen functional groups attached to an aromatic ring is 1. The number of amides is 1. The van der Waals surface area contributed by atoms with E-state index in [0.29, 0.717) is 11.5 Å². The topological polar surface area (TPSA) is 124 Å². The third kappa shape index (κ3) is 5.35. The van der Waals surface area contributed by atoms with E-state index < -0.39 is 17.2 Å². The summed E-state index contributed by atoms with van der Waals surface area (Å²) in [6.07, 6.45) is 1.47. The fourth-order valence-corrected chi connectivity index (χ4v) is 3.69. The van der Waals surface area contributed by atoms with E-state index in [1.165, 1.54) is 15.7 Å². The van der Waals surface area contributed by atoms with Gasteiger partial charge < -0.3 is 14.9 Å². The molecule has 2 aromatic heterocycles. The summed E-state index contributed by atoms with van der Waals surface area (Å²) in [5.41, 5.74) is 7.40. The number of ether oxygens (including phenoxy) is 1. The SMILES string of the molecule is Cc1ccc(C)c(OCC(=O)N(Cc2ccco2)c2c(N)n(Cc3ccccc3)c(=O)[nH]c2=O)c1. The number of carbonyl (C=O) groups excluding carboxylic acids is 1. The smallest absolute Gasteiger partial charge is 0.330 e. The van der Waals surface area contributed by atoms with Gasteiger partial charge in [0.15, 0.2) is 12.3 Å². The van der Waals surface area contributed by atoms with Crippen LogP contribution in [0.5, 0.6) is 5.75 Å². The number of aromatic amines is 1. The maximum atomic E-state index is 13.4. The fourth-order valence-electron chi connectivity index (χ4n) is 3.69. The van der Waals surface area contributed by atoms with Gasteiger partial charge in [0.05, 0.1) is 19.4 Å². The molecule has 0 aliphatic carbocycles. The van der Waals surface area contributed by atoms with Crippen molar-refractivity contribution in [3.8, 4) is 5.75 Å². The third-order valence-corrected chi connectivity index (χ3v) is 5.56. The van der Waals surface area contributed by atoms with Crippen LogP contribution in [-0.4, -0.2) is 22.1 Å². The number of nitrogens with one attached hydrogen (secondary N) is 1. The van der Waals surface area contributed by atoms with Crippen molar-refractivity contribution in [3.05, 3.63) is 110 Å². The number of aryl methyl sites for hydroxylation is 2. The molecule has 4 rings (SSSR count). The Bertz CT molecular complexity index is 1440. The maximum absolute atomic E-state index is 13.4. The van der Waals surface area contributed by atoms with Crippen LogP contribution in [0.1, 0.15) is 22.5 Å². The first-order chi connectivity index (χ1) is 16.8. The zero-order chi connectivity index (χ0) is 24.9. The molecule has 2 heterocycles. The Labute approximate surface area is 201 Å². The van der Waals surface area contributed by atoms with E-state index in [4.69, 9.17) is 14.9 Å². The van der Waals surface area contributed by atoms with Gasteiger partial charge in [-0.1, -0.05) is 42.5 Å². The lowest BCUT2D eigenvalue weighted by atomic mass is 10.1. The summed E-state index contributed by atoms with van der Waals surface area (Å²) in [6.45, 7) is 3.51. The van der Waals surface area contributed by atoms with E-state index in [1.807, 2.05) is 62.4 Å². The zero-order valence-corrected chi connectivity index (χ0v) is 19.5. The first-order valence-electron chi connectivity index (χ1n) is 11.0. The van der Waals surface area contributed by atoms with Crippen LogP contribution in [0, 0.1) is 13.8 Å². The van der Waals surface area contributed by atoms with E-state index in [2.05, 4.69) is 4.98 Å². The number of H-pyrrole nitrogens is 1. The average molecular weight is 475 g/mol. The van der Waals surface area contributed by atoms with E-state index in [9.17, 15) is 14.4 Å². The lowest BCUT2D eigenvalue weighted by Crippen LogP contribution is -2.42. The number of aromatic nitrogens is 2. The zero-order valence-electron chi connectivity index (χ0n) is 19.5. The normalized spacial score (nSPS) is 10.8. The molecule has 0 atom stereocenters. The Balaban J connectivity index is 1.71. The summed E-state index contributed by atoms with van der Waals surface area (Å²) in [4.78, 5) is 42.3. The molecule has 2 aromatic carbocycles.